The second-order valence-corrected chi connectivity index (χ2v) is 10.6. The van der Waals surface area contributed by atoms with Crippen molar-refractivity contribution in [3.63, 3.8) is 0 Å². The minimum atomic E-state index is 0.609. The number of pyridine rings is 2. The zero-order valence-corrected chi connectivity index (χ0v) is 22.5. The van der Waals surface area contributed by atoms with Crippen molar-refractivity contribution < 1.29 is 4.74 Å². The van der Waals surface area contributed by atoms with Gasteiger partial charge in [-0.1, -0.05) is 72.8 Å². The Bertz CT molecular complexity index is 2290. The van der Waals surface area contributed by atoms with Crippen LogP contribution in [0.4, 0.5) is 0 Å². The molecule has 0 N–H and O–H groups in total. The lowest BCUT2D eigenvalue weighted by Crippen LogP contribution is -2.04. The zero-order valence-electron chi connectivity index (χ0n) is 22.5. The van der Waals surface area contributed by atoms with Crippen LogP contribution >= 0.6 is 0 Å². The smallest absolute Gasteiger partial charge is 0.166 e. The molecule has 1 aliphatic rings. The van der Waals surface area contributed by atoms with Crippen molar-refractivity contribution in [2.45, 2.75) is 6.42 Å². The highest BCUT2D eigenvalue weighted by atomic mass is 16.5. The van der Waals surface area contributed by atoms with Crippen LogP contribution in [0, 0.1) is 0 Å². The van der Waals surface area contributed by atoms with Crippen LogP contribution in [0.3, 0.4) is 0 Å². The lowest BCUT2D eigenvalue weighted by Gasteiger charge is -2.15. The number of para-hydroxylation sites is 2. The molecule has 0 radical (unpaired) electrons. The first-order chi connectivity index (χ1) is 20.8. The van der Waals surface area contributed by atoms with Crippen molar-refractivity contribution in [3.8, 4) is 34.2 Å². The first kappa shape index (κ1) is 23.1. The third kappa shape index (κ3) is 3.38. The van der Waals surface area contributed by atoms with Crippen LogP contribution in [-0.4, -0.2) is 31.1 Å². The molecule has 42 heavy (non-hydrogen) atoms. The maximum absolute atomic E-state index is 6.12. The number of aromatic nitrogens is 5. The predicted octanol–water partition coefficient (Wildman–Crippen LogP) is 7.94. The van der Waals surface area contributed by atoms with Crippen molar-refractivity contribution in [3.05, 3.63) is 121 Å². The third-order valence-electron chi connectivity index (χ3n) is 8.18. The van der Waals surface area contributed by atoms with Gasteiger partial charge in [0.2, 0.25) is 0 Å². The molecule has 0 aliphatic carbocycles. The molecule has 6 nitrogen and oxygen atoms in total. The van der Waals surface area contributed by atoms with Gasteiger partial charge < -0.3 is 4.74 Å². The second kappa shape index (κ2) is 8.94. The summed E-state index contributed by atoms with van der Waals surface area (Å²) in [4.78, 5) is 20.5. The van der Waals surface area contributed by atoms with E-state index in [1.54, 1.807) is 0 Å². The molecule has 4 aromatic carbocycles. The summed E-state index contributed by atoms with van der Waals surface area (Å²) in [7, 11) is 0. The molecule has 9 rings (SSSR count). The zero-order chi connectivity index (χ0) is 27.6. The Balaban J connectivity index is 1.43. The minimum Gasteiger partial charge on any atom is -0.492 e. The Morgan fingerprint density at radius 2 is 1.50 bits per heavy atom. The van der Waals surface area contributed by atoms with Gasteiger partial charge in [-0.2, -0.15) is 0 Å². The number of rotatable bonds is 3. The fraction of sp³-hybridized carbons (Fsp3) is 0.0556. The number of ether oxygens (including phenoxy) is 1. The summed E-state index contributed by atoms with van der Waals surface area (Å²) >= 11 is 0. The van der Waals surface area contributed by atoms with Gasteiger partial charge >= 0.3 is 0 Å². The molecule has 198 valence electrons. The average Bonchev–Trinajstić information content (AvgIpc) is 3.67. The highest BCUT2D eigenvalue weighted by Gasteiger charge is 2.23. The number of hydrogen-bond acceptors (Lipinski definition) is 5. The summed E-state index contributed by atoms with van der Waals surface area (Å²) < 4.78 is 8.28. The van der Waals surface area contributed by atoms with E-state index in [0.717, 1.165) is 78.6 Å². The van der Waals surface area contributed by atoms with E-state index in [1.165, 1.54) is 5.56 Å². The SMILES string of the molecule is c1ccc(-c2ccc3ccc4c(-n5c6ccccc6c6cccnc65)nc(-c5cccc6c5OCC6)nc4c3n2)cc1. The number of benzene rings is 4. The van der Waals surface area contributed by atoms with Gasteiger partial charge in [-0.05, 0) is 42.0 Å². The first-order valence-electron chi connectivity index (χ1n) is 14.1. The van der Waals surface area contributed by atoms with E-state index >= 15 is 0 Å². The lowest BCUT2D eigenvalue weighted by atomic mass is 10.1. The monoisotopic (exact) mass is 541 g/mol. The molecule has 6 heteroatoms. The third-order valence-corrected chi connectivity index (χ3v) is 8.18. The van der Waals surface area contributed by atoms with E-state index in [4.69, 9.17) is 24.7 Å². The summed E-state index contributed by atoms with van der Waals surface area (Å²) in [5.41, 5.74) is 7.55. The second-order valence-electron chi connectivity index (χ2n) is 10.6. The van der Waals surface area contributed by atoms with E-state index in [2.05, 4.69) is 83.4 Å². The van der Waals surface area contributed by atoms with Crippen molar-refractivity contribution in [2.75, 3.05) is 6.61 Å². The van der Waals surface area contributed by atoms with Crippen LogP contribution in [0.25, 0.3) is 72.2 Å². The topological polar surface area (TPSA) is 65.7 Å². The molecule has 1 aliphatic heterocycles. The summed E-state index contributed by atoms with van der Waals surface area (Å²) in [5, 5.41) is 4.14. The maximum atomic E-state index is 6.12. The molecule has 8 aromatic rings. The molecule has 0 atom stereocenters. The molecule has 0 saturated heterocycles. The molecule has 0 saturated carbocycles. The minimum absolute atomic E-state index is 0.609. The van der Waals surface area contributed by atoms with Crippen LogP contribution in [-0.2, 0) is 6.42 Å². The van der Waals surface area contributed by atoms with Crippen LogP contribution in [0.1, 0.15) is 5.56 Å². The van der Waals surface area contributed by atoms with Crippen LogP contribution in [0.5, 0.6) is 5.75 Å². The molecule has 0 bridgehead atoms. The van der Waals surface area contributed by atoms with Crippen molar-refractivity contribution in [1.29, 1.82) is 0 Å². The van der Waals surface area contributed by atoms with E-state index in [-0.39, 0.29) is 0 Å². The average molecular weight is 542 g/mol. The van der Waals surface area contributed by atoms with Gasteiger partial charge in [0.15, 0.2) is 11.6 Å². The molecule has 0 unspecified atom stereocenters. The van der Waals surface area contributed by atoms with E-state index in [0.29, 0.717) is 12.4 Å². The summed E-state index contributed by atoms with van der Waals surface area (Å²) in [6.45, 7) is 0.661. The fourth-order valence-electron chi connectivity index (χ4n) is 6.22. The van der Waals surface area contributed by atoms with Crippen molar-refractivity contribution in [1.82, 2.24) is 24.5 Å². The van der Waals surface area contributed by atoms with Gasteiger partial charge in [-0.25, -0.2) is 19.9 Å². The predicted molar refractivity (Wildman–Crippen MR) is 167 cm³/mol. The molecule has 0 spiro atoms. The van der Waals surface area contributed by atoms with Gasteiger partial charge in [0.05, 0.1) is 28.9 Å². The van der Waals surface area contributed by atoms with Gasteiger partial charge in [0, 0.05) is 39.7 Å². The standard InChI is InChI=1S/C36H23N5O/c1-2-8-22(9-3-1)29-18-16-23-15-17-27-32(31(23)38-29)39-34(28-12-6-10-24-19-21-42-33(24)28)40-36(27)41-30-14-5-4-11-25(30)26-13-7-20-37-35(26)41/h1-18,20H,19,21H2. The highest BCUT2D eigenvalue weighted by Crippen LogP contribution is 2.39. The number of fused-ring (bicyclic) bond motifs is 7. The summed E-state index contributed by atoms with van der Waals surface area (Å²) in [5.74, 6) is 2.24. The van der Waals surface area contributed by atoms with Crippen LogP contribution < -0.4 is 4.74 Å². The Morgan fingerprint density at radius 3 is 2.45 bits per heavy atom. The highest BCUT2D eigenvalue weighted by molar-refractivity contribution is 6.11. The van der Waals surface area contributed by atoms with Gasteiger partial charge in [0.25, 0.3) is 0 Å². The largest absolute Gasteiger partial charge is 0.492 e. The summed E-state index contributed by atoms with van der Waals surface area (Å²) in [6, 6.07) is 37.4. The van der Waals surface area contributed by atoms with Crippen LogP contribution in [0.15, 0.2) is 115 Å². The van der Waals surface area contributed by atoms with Gasteiger partial charge in [-0.15, -0.1) is 0 Å². The van der Waals surface area contributed by atoms with E-state index in [1.807, 2.05) is 36.5 Å². The molecule has 0 fully saturated rings. The number of nitrogens with zero attached hydrogens (tertiary/aromatic N) is 5. The van der Waals surface area contributed by atoms with E-state index in [9.17, 15) is 0 Å². The molecular formula is C36H23N5O. The Kier molecular flexibility index (Phi) is 4.92. The number of hydrogen-bond donors (Lipinski definition) is 0. The normalized spacial score (nSPS) is 12.8. The molecule has 5 heterocycles. The summed E-state index contributed by atoms with van der Waals surface area (Å²) in [6.07, 6.45) is 2.72. The van der Waals surface area contributed by atoms with Gasteiger partial charge in [0.1, 0.15) is 16.9 Å². The Labute approximate surface area is 240 Å². The first-order valence-corrected chi connectivity index (χ1v) is 14.1. The van der Waals surface area contributed by atoms with Crippen molar-refractivity contribution >= 4 is 43.7 Å². The van der Waals surface area contributed by atoms with E-state index < -0.39 is 0 Å². The maximum Gasteiger partial charge on any atom is 0.166 e. The molecule has 0 amide bonds. The fourth-order valence-corrected chi connectivity index (χ4v) is 6.22. The van der Waals surface area contributed by atoms with Gasteiger partial charge in [-0.3, -0.25) is 4.57 Å². The molecule has 4 aromatic heterocycles. The Hall–Kier alpha value is -5.62. The van der Waals surface area contributed by atoms with Crippen LogP contribution in [0.2, 0.25) is 0 Å². The Morgan fingerprint density at radius 1 is 0.643 bits per heavy atom. The quantitative estimate of drug-likeness (QED) is 0.213. The molecular weight excluding hydrogens is 518 g/mol. The van der Waals surface area contributed by atoms with Crippen molar-refractivity contribution in [2.24, 2.45) is 0 Å². The lowest BCUT2D eigenvalue weighted by molar-refractivity contribution is 0.358.